The molecule has 5 heteroatoms. The minimum absolute atomic E-state index is 0.516. The van der Waals surface area contributed by atoms with Crippen LogP contribution in [0.2, 0.25) is 0 Å². The van der Waals surface area contributed by atoms with E-state index in [0.29, 0.717) is 5.56 Å². The average Bonchev–Trinajstić information content (AvgIpc) is 2.27. The maximum atomic E-state index is 10.5. The zero-order chi connectivity index (χ0) is 11.4. The van der Waals surface area contributed by atoms with Crippen LogP contribution in [0, 0.1) is 0 Å². The second kappa shape index (κ2) is 5.16. The highest BCUT2D eigenvalue weighted by Gasteiger charge is 2.23. The van der Waals surface area contributed by atoms with Crippen molar-refractivity contribution in [1.29, 1.82) is 0 Å². The Kier molecular flexibility index (Phi) is 4.14. The van der Waals surface area contributed by atoms with E-state index in [1.54, 1.807) is 23.9 Å². The number of aliphatic hydroxyl groups excluding tert-OH is 1. The molecular weight excluding hydrogens is 214 g/mol. The Morgan fingerprint density at radius 2 is 1.93 bits per heavy atom. The fourth-order valence-corrected chi connectivity index (χ4v) is 1.55. The van der Waals surface area contributed by atoms with E-state index in [-0.39, 0.29) is 0 Å². The third-order valence-corrected chi connectivity index (χ3v) is 2.83. The molecule has 2 atom stereocenters. The standard InChI is InChI=1S/C10H13NO3S/c1-15-7-4-2-6(3-5-7)9(12)8(11)10(13)14/h2-5,8-9,12H,11H2,1H3,(H,13,14)/t8-,9+/m1/s1. The molecule has 0 bridgehead atoms. The molecule has 0 fully saturated rings. The third-order valence-electron chi connectivity index (χ3n) is 2.08. The summed E-state index contributed by atoms with van der Waals surface area (Å²) < 4.78 is 0. The largest absolute Gasteiger partial charge is 0.480 e. The Morgan fingerprint density at radius 3 is 2.33 bits per heavy atom. The molecular formula is C10H13NO3S. The zero-order valence-electron chi connectivity index (χ0n) is 8.25. The number of hydrogen-bond donors (Lipinski definition) is 3. The van der Waals surface area contributed by atoms with Crippen LogP contribution in [0.1, 0.15) is 11.7 Å². The number of rotatable bonds is 4. The van der Waals surface area contributed by atoms with Gasteiger partial charge in [-0.15, -0.1) is 11.8 Å². The van der Waals surface area contributed by atoms with Gasteiger partial charge >= 0.3 is 5.97 Å². The summed E-state index contributed by atoms with van der Waals surface area (Å²) in [6, 6.07) is 5.71. The molecule has 0 radical (unpaired) electrons. The molecule has 0 amide bonds. The molecule has 4 nitrogen and oxygen atoms in total. The summed E-state index contributed by atoms with van der Waals surface area (Å²) in [7, 11) is 0. The molecule has 1 rings (SSSR count). The Hall–Kier alpha value is -1.04. The molecule has 4 N–H and O–H groups in total. The predicted octanol–water partition coefficient (Wildman–Crippen LogP) is 0.854. The summed E-state index contributed by atoms with van der Waals surface area (Å²) in [6.45, 7) is 0. The molecule has 82 valence electrons. The SMILES string of the molecule is CSc1ccc([C@H](O)[C@@H](N)C(=O)O)cc1. The lowest BCUT2D eigenvalue weighted by atomic mass is 10.0. The molecule has 0 saturated carbocycles. The highest BCUT2D eigenvalue weighted by atomic mass is 32.2. The number of benzene rings is 1. The van der Waals surface area contributed by atoms with Gasteiger partial charge in [0.05, 0.1) is 0 Å². The van der Waals surface area contributed by atoms with Gasteiger partial charge in [0.2, 0.25) is 0 Å². The lowest BCUT2D eigenvalue weighted by molar-refractivity contribution is -0.141. The molecule has 0 aliphatic rings. The van der Waals surface area contributed by atoms with Crippen molar-refractivity contribution >= 4 is 17.7 Å². The van der Waals surface area contributed by atoms with Crippen LogP contribution in [0.5, 0.6) is 0 Å². The highest BCUT2D eigenvalue weighted by Crippen LogP contribution is 2.20. The van der Waals surface area contributed by atoms with E-state index in [1.807, 2.05) is 18.4 Å². The third kappa shape index (κ3) is 2.95. The van der Waals surface area contributed by atoms with Crippen molar-refractivity contribution in [2.24, 2.45) is 5.73 Å². The number of aliphatic hydroxyl groups is 1. The number of nitrogens with two attached hydrogens (primary N) is 1. The molecule has 0 heterocycles. The van der Waals surface area contributed by atoms with Gasteiger partial charge in [-0.05, 0) is 24.0 Å². The first-order valence-electron chi connectivity index (χ1n) is 4.36. The summed E-state index contributed by atoms with van der Waals surface area (Å²) in [4.78, 5) is 11.6. The van der Waals surface area contributed by atoms with E-state index >= 15 is 0 Å². The van der Waals surface area contributed by atoms with E-state index < -0.39 is 18.1 Å². The Bertz CT molecular complexity index is 339. The number of hydrogen-bond acceptors (Lipinski definition) is 4. The molecule has 0 unspecified atom stereocenters. The van der Waals surface area contributed by atoms with Gasteiger partial charge < -0.3 is 15.9 Å². The van der Waals surface area contributed by atoms with Crippen molar-refractivity contribution in [2.45, 2.75) is 17.0 Å². The highest BCUT2D eigenvalue weighted by molar-refractivity contribution is 7.98. The molecule has 0 saturated heterocycles. The summed E-state index contributed by atoms with van der Waals surface area (Å²) in [5.41, 5.74) is 5.82. The van der Waals surface area contributed by atoms with Crippen LogP contribution in [0.25, 0.3) is 0 Å². The van der Waals surface area contributed by atoms with Gasteiger partial charge in [0.1, 0.15) is 12.1 Å². The minimum atomic E-state index is -1.29. The van der Waals surface area contributed by atoms with Crippen LogP contribution in [-0.4, -0.2) is 28.5 Å². The van der Waals surface area contributed by atoms with Crippen molar-refractivity contribution in [3.63, 3.8) is 0 Å². The maximum Gasteiger partial charge on any atom is 0.323 e. The first-order valence-corrected chi connectivity index (χ1v) is 5.59. The van der Waals surface area contributed by atoms with Crippen LogP contribution in [0.15, 0.2) is 29.2 Å². The molecule has 1 aromatic rings. The number of carboxylic acids is 1. The molecule has 0 aromatic heterocycles. The van der Waals surface area contributed by atoms with Gasteiger partial charge in [-0.2, -0.15) is 0 Å². The monoisotopic (exact) mass is 227 g/mol. The summed E-state index contributed by atoms with van der Waals surface area (Å²) in [5.74, 6) is -1.21. The second-order valence-corrected chi connectivity index (χ2v) is 3.96. The summed E-state index contributed by atoms with van der Waals surface area (Å²) >= 11 is 1.57. The summed E-state index contributed by atoms with van der Waals surface area (Å²) in [5, 5.41) is 18.2. The van der Waals surface area contributed by atoms with Gasteiger partial charge in [-0.25, -0.2) is 0 Å². The van der Waals surface area contributed by atoms with Gasteiger partial charge in [-0.1, -0.05) is 12.1 Å². The molecule has 0 aliphatic carbocycles. The Balaban J connectivity index is 2.82. The topological polar surface area (TPSA) is 83.5 Å². The predicted molar refractivity (Wildman–Crippen MR) is 58.8 cm³/mol. The zero-order valence-corrected chi connectivity index (χ0v) is 9.07. The molecule has 15 heavy (non-hydrogen) atoms. The van der Waals surface area contributed by atoms with Crippen molar-refractivity contribution < 1.29 is 15.0 Å². The molecule has 0 aliphatic heterocycles. The quantitative estimate of drug-likeness (QED) is 0.664. The normalized spacial score (nSPS) is 14.6. The Morgan fingerprint density at radius 1 is 1.40 bits per heavy atom. The minimum Gasteiger partial charge on any atom is -0.480 e. The second-order valence-electron chi connectivity index (χ2n) is 3.08. The van der Waals surface area contributed by atoms with Crippen LogP contribution in [0.3, 0.4) is 0 Å². The van der Waals surface area contributed by atoms with Crippen LogP contribution < -0.4 is 5.73 Å². The van der Waals surface area contributed by atoms with Crippen LogP contribution in [-0.2, 0) is 4.79 Å². The van der Waals surface area contributed by atoms with Crippen LogP contribution in [0.4, 0.5) is 0 Å². The van der Waals surface area contributed by atoms with E-state index in [0.717, 1.165) is 4.90 Å². The van der Waals surface area contributed by atoms with Crippen molar-refractivity contribution in [1.82, 2.24) is 0 Å². The van der Waals surface area contributed by atoms with Crippen molar-refractivity contribution in [3.05, 3.63) is 29.8 Å². The molecule has 1 aromatic carbocycles. The smallest absolute Gasteiger partial charge is 0.323 e. The first-order chi connectivity index (χ1) is 7.06. The fourth-order valence-electron chi connectivity index (χ4n) is 1.14. The number of carboxylic acid groups (broad SMARTS) is 1. The Labute approximate surface area is 92.1 Å². The van der Waals surface area contributed by atoms with Gasteiger partial charge in [0.15, 0.2) is 0 Å². The maximum absolute atomic E-state index is 10.5. The van der Waals surface area contributed by atoms with Gasteiger partial charge in [0, 0.05) is 4.90 Å². The average molecular weight is 227 g/mol. The fraction of sp³-hybridized carbons (Fsp3) is 0.300. The van der Waals surface area contributed by atoms with Crippen molar-refractivity contribution in [3.8, 4) is 0 Å². The lowest BCUT2D eigenvalue weighted by Crippen LogP contribution is -2.36. The van der Waals surface area contributed by atoms with E-state index in [2.05, 4.69) is 0 Å². The van der Waals surface area contributed by atoms with Gasteiger partial charge in [-0.3, -0.25) is 4.79 Å². The summed E-state index contributed by atoms with van der Waals surface area (Å²) in [6.07, 6.45) is 0.771. The van der Waals surface area contributed by atoms with E-state index in [9.17, 15) is 9.90 Å². The van der Waals surface area contributed by atoms with Crippen molar-refractivity contribution in [2.75, 3.05) is 6.26 Å². The number of aliphatic carboxylic acids is 1. The van der Waals surface area contributed by atoms with Gasteiger partial charge in [0.25, 0.3) is 0 Å². The number of carbonyl (C=O) groups is 1. The molecule has 0 spiro atoms. The van der Waals surface area contributed by atoms with E-state index in [4.69, 9.17) is 10.8 Å². The van der Waals surface area contributed by atoms with Crippen LogP contribution >= 0.6 is 11.8 Å². The first kappa shape index (κ1) is 12.0. The number of thioether (sulfide) groups is 1. The van der Waals surface area contributed by atoms with E-state index in [1.165, 1.54) is 0 Å². The lowest BCUT2D eigenvalue weighted by Gasteiger charge is -2.15.